The number of amides is 1. The van der Waals surface area contributed by atoms with Crippen molar-refractivity contribution in [3.05, 3.63) is 52.8 Å². The Morgan fingerprint density at radius 2 is 2.08 bits per heavy atom. The monoisotopic (exact) mass is 352 g/mol. The average Bonchev–Trinajstić information content (AvgIpc) is 3.10. The van der Waals surface area contributed by atoms with Gasteiger partial charge in [-0.2, -0.15) is 0 Å². The number of aromatic nitrogens is 2. The van der Waals surface area contributed by atoms with E-state index in [1.807, 2.05) is 17.2 Å². The number of anilines is 1. The molecule has 0 radical (unpaired) electrons. The van der Waals surface area contributed by atoms with Gasteiger partial charge >= 0.3 is 0 Å². The molecular formula is C20H24N4O2. The van der Waals surface area contributed by atoms with Gasteiger partial charge in [0.15, 0.2) is 0 Å². The molecule has 1 aromatic heterocycles. The minimum Gasteiger partial charge on any atom is -0.378 e. The summed E-state index contributed by atoms with van der Waals surface area (Å²) >= 11 is 0. The van der Waals surface area contributed by atoms with Gasteiger partial charge in [0.2, 0.25) is 11.9 Å². The number of aryl methyl sites for hydroxylation is 2. The lowest BCUT2D eigenvalue weighted by Gasteiger charge is -2.26. The van der Waals surface area contributed by atoms with Crippen LogP contribution in [0.5, 0.6) is 0 Å². The lowest BCUT2D eigenvalue weighted by atomic mass is 10.1. The van der Waals surface area contributed by atoms with Crippen LogP contribution in [0.15, 0.2) is 30.5 Å². The van der Waals surface area contributed by atoms with E-state index in [0.717, 1.165) is 36.7 Å². The van der Waals surface area contributed by atoms with Gasteiger partial charge < -0.3 is 14.5 Å². The fraction of sp³-hybridized carbons (Fsp3) is 0.450. The molecule has 0 unspecified atom stereocenters. The largest absolute Gasteiger partial charge is 0.378 e. The van der Waals surface area contributed by atoms with E-state index < -0.39 is 0 Å². The Kier molecular flexibility index (Phi) is 4.84. The summed E-state index contributed by atoms with van der Waals surface area (Å²) in [4.78, 5) is 25.8. The number of carbonyl (C=O) groups is 1. The molecule has 26 heavy (non-hydrogen) atoms. The van der Waals surface area contributed by atoms with E-state index in [4.69, 9.17) is 9.72 Å². The number of fused-ring (bicyclic) bond motifs is 1. The Hall–Kier alpha value is -2.47. The van der Waals surface area contributed by atoms with Gasteiger partial charge in [-0.1, -0.05) is 29.8 Å². The molecule has 6 heteroatoms. The van der Waals surface area contributed by atoms with Crippen molar-refractivity contribution in [1.82, 2.24) is 14.9 Å². The summed E-state index contributed by atoms with van der Waals surface area (Å²) in [7, 11) is 0. The molecule has 2 aliphatic heterocycles. The minimum atomic E-state index is 0.178. The summed E-state index contributed by atoms with van der Waals surface area (Å²) in [5.74, 6) is 0.929. The van der Waals surface area contributed by atoms with Crippen LogP contribution in [0.25, 0.3) is 0 Å². The first-order valence-electron chi connectivity index (χ1n) is 9.20. The van der Waals surface area contributed by atoms with Crippen LogP contribution in [-0.4, -0.2) is 47.1 Å². The Labute approximate surface area is 153 Å². The summed E-state index contributed by atoms with van der Waals surface area (Å²) < 4.78 is 5.38. The number of nitrogens with zero attached hydrogens (tertiary/aromatic N) is 4. The smallest absolute Gasteiger partial charge is 0.225 e. The molecule has 2 aromatic rings. The van der Waals surface area contributed by atoms with Gasteiger partial charge in [0.25, 0.3) is 0 Å². The molecule has 3 heterocycles. The maximum Gasteiger partial charge on any atom is 0.225 e. The normalized spacial score (nSPS) is 16.7. The van der Waals surface area contributed by atoms with E-state index in [2.05, 4.69) is 35.0 Å². The zero-order chi connectivity index (χ0) is 17.9. The number of hydrogen-bond acceptors (Lipinski definition) is 5. The van der Waals surface area contributed by atoms with Crippen molar-refractivity contribution in [2.45, 2.75) is 32.9 Å². The van der Waals surface area contributed by atoms with E-state index in [1.54, 1.807) is 0 Å². The first-order valence-corrected chi connectivity index (χ1v) is 9.20. The highest BCUT2D eigenvalue weighted by Gasteiger charge is 2.26. The second-order valence-corrected chi connectivity index (χ2v) is 6.98. The van der Waals surface area contributed by atoms with Gasteiger partial charge in [-0.05, 0) is 18.9 Å². The van der Waals surface area contributed by atoms with Gasteiger partial charge in [0.05, 0.1) is 25.5 Å². The van der Waals surface area contributed by atoms with E-state index in [1.165, 1.54) is 11.1 Å². The molecule has 1 saturated heterocycles. The van der Waals surface area contributed by atoms with Gasteiger partial charge in [0, 0.05) is 37.8 Å². The molecule has 0 saturated carbocycles. The molecule has 0 bridgehead atoms. The number of morpholine rings is 1. The molecule has 1 amide bonds. The van der Waals surface area contributed by atoms with Crippen LogP contribution in [0.3, 0.4) is 0 Å². The third-order valence-corrected chi connectivity index (χ3v) is 5.00. The average molecular weight is 352 g/mol. The lowest BCUT2D eigenvalue weighted by molar-refractivity contribution is -0.131. The molecular weight excluding hydrogens is 328 g/mol. The lowest BCUT2D eigenvalue weighted by Crippen LogP contribution is -2.37. The van der Waals surface area contributed by atoms with Crippen molar-refractivity contribution in [1.29, 1.82) is 0 Å². The SMILES string of the molecule is Cc1cccc(CCC(=O)N2Cc3cnc(N4CCOCC4)nc3C2)c1. The summed E-state index contributed by atoms with van der Waals surface area (Å²) in [6.45, 7) is 6.34. The summed E-state index contributed by atoms with van der Waals surface area (Å²) in [6.07, 6.45) is 3.18. The van der Waals surface area contributed by atoms with Crippen molar-refractivity contribution in [3.8, 4) is 0 Å². The fourth-order valence-electron chi connectivity index (χ4n) is 3.51. The molecule has 0 atom stereocenters. The molecule has 136 valence electrons. The van der Waals surface area contributed by atoms with Crippen LogP contribution < -0.4 is 4.90 Å². The Bertz CT molecular complexity index is 802. The fourth-order valence-corrected chi connectivity index (χ4v) is 3.51. The highest BCUT2D eigenvalue weighted by molar-refractivity contribution is 5.77. The molecule has 0 aliphatic carbocycles. The van der Waals surface area contributed by atoms with Crippen molar-refractivity contribution in [2.75, 3.05) is 31.2 Å². The van der Waals surface area contributed by atoms with Crippen molar-refractivity contribution in [2.24, 2.45) is 0 Å². The molecule has 4 rings (SSSR count). The molecule has 2 aliphatic rings. The van der Waals surface area contributed by atoms with Crippen LogP contribution in [0.1, 0.15) is 28.8 Å². The third-order valence-electron chi connectivity index (χ3n) is 5.00. The first kappa shape index (κ1) is 17.0. The number of rotatable bonds is 4. The van der Waals surface area contributed by atoms with Crippen LogP contribution >= 0.6 is 0 Å². The molecule has 1 fully saturated rings. The van der Waals surface area contributed by atoms with Gasteiger partial charge in [-0.15, -0.1) is 0 Å². The van der Waals surface area contributed by atoms with Crippen molar-refractivity contribution in [3.63, 3.8) is 0 Å². The van der Waals surface area contributed by atoms with E-state index in [-0.39, 0.29) is 5.91 Å². The summed E-state index contributed by atoms with van der Waals surface area (Å²) in [5, 5.41) is 0. The second kappa shape index (κ2) is 7.41. The highest BCUT2D eigenvalue weighted by Crippen LogP contribution is 2.23. The van der Waals surface area contributed by atoms with Crippen LogP contribution in [0.4, 0.5) is 5.95 Å². The summed E-state index contributed by atoms with van der Waals surface area (Å²) in [5.41, 5.74) is 4.48. The predicted molar refractivity (Wildman–Crippen MR) is 98.8 cm³/mol. The van der Waals surface area contributed by atoms with Crippen LogP contribution in [0, 0.1) is 6.92 Å². The number of ether oxygens (including phenoxy) is 1. The number of hydrogen-bond donors (Lipinski definition) is 0. The maximum absolute atomic E-state index is 12.6. The van der Waals surface area contributed by atoms with E-state index >= 15 is 0 Å². The maximum atomic E-state index is 12.6. The van der Waals surface area contributed by atoms with Gasteiger partial charge in [0.1, 0.15) is 0 Å². The predicted octanol–water partition coefficient (Wildman–Crippen LogP) is 2.10. The Morgan fingerprint density at radius 1 is 1.23 bits per heavy atom. The van der Waals surface area contributed by atoms with Crippen LogP contribution in [0.2, 0.25) is 0 Å². The summed E-state index contributed by atoms with van der Waals surface area (Å²) in [6, 6.07) is 8.35. The second-order valence-electron chi connectivity index (χ2n) is 6.98. The Morgan fingerprint density at radius 3 is 2.88 bits per heavy atom. The third kappa shape index (κ3) is 3.70. The molecule has 6 nitrogen and oxygen atoms in total. The van der Waals surface area contributed by atoms with Gasteiger partial charge in [-0.3, -0.25) is 4.79 Å². The minimum absolute atomic E-state index is 0.178. The van der Waals surface area contributed by atoms with E-state index in [9.17, 15) is 4.79 Å². The zero-order valence-electron chi connectivity index (χ0n) is 15.1. The number of benzene rings is 1. The van der Waals surface area contributed by atoms with Crippen molar-refractivity contribution < 1.29 is 9.53 Å². The van der Waals surface area contributed by atoms with Crippen molar-refractivity contribution >= 4 is 11.9 Å². The molecule has 0 spiro atoms. The zero-order valence-corrected chi connectivity index (χ0v) is 15.1. The van der Waals surface area contributed by atoms with E-state index in [0.29, 0.717) is 32.7 Å². The quantitative estimate of drug-likeness (QED) is 0.843. The Balaban J connectivity index is 1.37. The standard InChI is InChI=1S/C20H24N4O2/c1-15-3-2-4-16(11-15)5-6-19(25)24-13-17-12-21-20(22-18(17)14-24)23-7-9-26-10-8-23/h2-4,11-12H,5-10,13-14H2,1H3. The van der Waals surface area contributed by atoms with Crippen LogP contribution in [-0.2, 0) is 29.0 Å². The first-order chi connectivity index (χ1) is 12.7. The highest BCUT2D eigenvalue weighted by atomic mass is 16.5. The molecule has 0 N–H and O–H groups in total. The number of carbonyl (C=O) groups excluding carboxylic acids is 1. The van der Waals surface area contributed by atoms with Gasteiger partial charge in [-0.25, -0.2) is 9.97 Å². The molecule has 1 aromatic carbocycles. The topological polar surface area (TPSA) is 58.6 Å².